The van der Waals surface area contributed by atoms with Crippen molar-refractivity contribution in [1.82, 2.24) is 0 Å². The summed E-state index contributed by atoms with van der Waals surface area (Å²) in [5.74, 6) is -0.0788. The van der Waals surface area contributed by atoms with Crippen LogP contribution >= 0.6 is 0 Å². The molecule has 0 saturated carbocycles. The Balaban J connectivity index is 1.42. The molecule has 4 aromatic carbocycles. The zero-order valence-corrected chi connectivity index (χ0v) is 19.3. The van der Waals surface area contributed by atoms with E-state index in [-0.39, 0.29) is 23.8 Å². The fourth-order valence-corrected chi connectivity index (χ4v) is 5.25. The van der Waals surface area contributed by atoms with Gasteiger partial charge in [-0.15, -0.1) is 0 Å². The zero-order valence-electron chi connectivity index (χ0n) is 19.3. The van der Waals surface area contributed by atoms with Crippen LogP contribution in [0, 0.1) is 11.6 Å². The lowest BCUT2D eigenvalue weighted by Crippen LogP contribution is -2.24. The van der Waals surface area contributed by atoms with Gasteiger partial charge < -0.3 is 9.47 Å². The quantitative estimate of drug-likeness (QED) is 0.299. The maximum absolute atomic E-state index is 15.8. The molecule has 4 aromatic rings. The molecular weight excluding hydrogens is 442 g/mol. The highest BCUT2D eigenvalue weighted by atomic mass is 19.1. The highest BCUT2D eigenvalue weighted by Crippen LogP contribution is 2.40. The van der Waals surface area contributed by atoms with Crippen molar-refractivity contribution < 1.29 is 18.3 Å². The smallest absolute Gasteiger partial charge is 0.173 e. The second kappa shape index (κ2) is 9.18. The molecule has 0 saturated heterocycles. The predicted molar refractivity (Wildman–Crippen MR) is 134 cm³/mol. The molecule has 0 N–H and O–H groups in total. The number of hydrogen-bond acceptors (Lipinski definition) is 2. The lowest BCUT2D eigenvalue weighted by atomic mass is 9.97. The van der Waals surface area contributed by atoms with Crippen LogP contribution in [0.25, 0.3) is 22.3 Å². The molecule has 0 aliphatic carbocycles. The first-order valence-electron chi connectivity index (χ1n) is 12.2. The van der Waals surface area contributed by atoms with Crippen LogP contribution in [0.2, 0.25) is 0 Å². The van der Waals surface area contributed by atoms with Gasteiger partial charge in [0.2, 0.25) is 0 Å². The first-order valence-corrected chi connectivity index (χ1v) is 12.2. The van der Waals surface area contributed by atoms with Crippen LogP contribution in [0.4, 0.5) is 8.78 Å². The van der Waals surface area contributed by atoms with Crippen LogP contribution in [0.1, 0.15) is 30.4 Å². The van der Waals surface area contributed by atoms with E-state index in [2.05, 4.69) is 0 Å². The summed E-state index contributed by atoms with van der Waals surface area (Å²) in [5.41, 5.74) is 4.21. The normalized spacial score (nSPS) is 19.0. The van der Waals surface area contributed by atoms with Gasteiger partial charge in [-0.3, -0.25) is 0 Å². The van der Waals surface area contributed by atoms with Gasteiger partial charge in [0.05, 0.1) is 0 Å². The Morgan fingerprint density at radius 3 is 1.40 bits per heavy atom. The summed E-state index contributed by atoms with van der Waals surface area (Å²) in [6, 6.07) is 26.5. The average Bonchev–Trinajstić information content (AvgIpc) is 3.03. The first-order chi connectivity index (χ1) is 17.2. The van der Waals surface area contributed by atoms with Crippen LogP contribution < -0.4 is 9.47 Å². The Morgan fingerprint density at radius 1 is 0.543 bits per heavy atom. The Morgan fingerprint density at radius 2 is 0.971 bits per heavy atom. The molecule has 35 heavy (non-hydrogen) atoms. The van der Waals surface area contributed by atoms with Crippen LogP contribution in [0.5, 0.6) is 11.5 Å². The molecule has 2 heterocycles. The number of benzene rings is 4. The van der Waals surface area contributed by atoms with E-state index < -0.39 is 0 Å². The second-order valence-corrected chi connectivity index (χ2v) is 9.38. The van der Waals surface area contributed by atoms with E-state index in [1.165, 1.54) is 0 Å². The largest absolute Gasteiger partial charge is 0.487 e. The van der Waals surface area contributed by atoms with Gasteiger partial charge in [-0.05, 0) is 30.4 Å². The standard InChI is InChI=1S/C31H26F2O2/c32-28-26(20-8-3-1-4-9-20)16-14-22-18-25-13-7-12-24(34-30(22)28)19-23-15-17-27(29(33)31(23)35-25)21-10-5-2-6-11-21/h1-6,8-11,14-17,24-25H,7,12-13,18-19H2/t24-,25?/m1/s1. The first kappa shape index (κ1) is 21.8. The second-order valence-electron chi connectivity index (χ2n) is 9.38. The molecule has 0 amide bonds. The molecule has 0 spiro atoms. The Hall–Kier alpha value is -3.66. The van der Waals surface area contributed by atoms with Crippen molar-refractivity contribution >= 4 is 0 Å². The molecule has 176 valence electrons. The minimum atomic E-state index is -0.342. The Kier molecular flexibility index (Phi) is 5.73. The number of hydrogen-bond donors (Lipinski definition) is 0. The van der Waals surface area contributed by atoms with Gasteiger partial charge in [-0.25, -0.2) is 8.78 Å². The van der Waals surface area contributed by atoms with Gasteiger partial charge in [-0.1, -0.05) is 84.9 Å². The summed E-state index contributed by atoms with van der Waals surface area (Å²) in [7, 11) is 0. The van der Waals surface area contributed by atoms with E-state index in [0.29, 0.717) is 35.5 Å². The van der Waals surface area contributed by atoms with Crippen molar-refractivity contribution in [2.45, 2.75) is 44.3 Å². The molecule has 1 unspecified atom stereocenters. The number of halogens is 2. The molecular formula is C31H26F2O2. The van der Waals surface area contributed by atoms with Gasteiger partial charge in [0, 0.05) is 35.1 Å². The van der Waals surface area contributed by atoms with E-state index in [9.17, 15) is 0 Å². The van der Waals surface area contributed by atoms with Crippen molar-refractivity contribution in [2.24, 2.45) is 0 Å². The third-order valence-corrected chi connectivity index (χ3v) is 7.04. The van der Waals surface area contributed by atoms with E-state index in [4.69, 9.17) is 9.47 Å². The van der Waals surface area contributed by atoms with Crippen LogP contribution in [0.15, 0.2) is 84.9 Å². The predicted octanol–water partition coefficient (Wildman–Crippen LogP) is 7.78. The summed E-state index contributed by atoms with van der Waals surface area (Å²) in [4.78, 5) is 0. The molecule has 6 rings (SSSR count). The molecule has 0 fully saturated rings. The molecule has 2 aliphatic rings. The van der Waals surface area contributed by atoms with E-state index in [1.54, 1.807) is 0 Å². The average molecular weight is 469 g/mol. The Bertz CT molecular complexity index is 1250. The van der Waals surface area contributed by atoms with Crippen LogP contribution in [0.3, 0.4) is 0 Å². The maximum Gasteiger partial charge on any atom is 0.173 e. The highest BCUT2D eigenvalue weighted by Gasteiger charge is 2.30. The molecule has 4 heteroatoms. The third kappa shape index (κ3) is 4.18. The van der Waals surface area contributed by atoms with Crippen molar-refractivity contribution in [3.63, 3.8) is 0 Å². The van der Waals surface area contributed by atoms with Gasteiger partial charge in [0.15, 0.2) is 23.1 Å². The van der Waals surface area contributed by atoms with E-state index in [0.717, 1.165) is 41.5 Å². The topological polar surface area (TPSA) is 18.5 Å². The van der Waals surface area contributed by atoms with Gasteiger partial charge in [-0.2, -0.15) is 0 Å². The van der Waals surface area contributed by atoms with Gasteiger partial charge >= 0.3 is 0 Å². The van der Waals surface area contributed by atoms with E-state index >= 15 is 8.78 Å². The zero-order chi connectivity index (χ0) is 23.8. The number of rotatable bonds is 2. The summed E-state index contributed by atoms with van der Waals surface area (Å²) in [5, 5.41) is 0. The maximum atomic E-state index is 15.8. The van der Waals surface area contributed by atoms with Crippen molar-refractivity contribution in [2.75, 3.05) is 0 Å². The highest BCUT2D eigenvalue weighted by molar-refractivity contribution is 5.68. The van der Waals surface area contributed by atoms with Crippen LogP contribution in [-0.2, 0) is 12.8 Å². The summed E-state index contributed by atoms with van der Waals surface area (Å²) >= 11 is 0. The molecule has 2 atom stereocenters. The lowest BCUT2D eigenvalue weighted by Gasteiger charge is -2.26. The molecule has 2 bridgehead atoms. The monoisotopic (exact) mass is 468 g/mol. The van der Waals surface area contributed by atoms with Gasteiger partial charge in [0.1, 0.15) is 12.2 Å². The van der Waals surface area contributed by atoms with Crippen molar-refractivity contribution in [3.8, 4) is 33.8 Å². The summed E-state index contributed by atoms with van der Waals surface area (Å²) in [6.45, 7) is 0. The minimum absolute atomic E-state index is 0.268. The lowest BCUT2D eigenvalue weighted by molar-refractivity contribution is 0.179. The number of fused-ring (bicyclic) bond motifs is 6. The fourth-order valence-electron chi connectivity index (χ4n) is 5.25. The summed E-state index contributed by atoms with van der Waals surface area (Å²) < 4.78 is 44.4. The minimum Gasteiger partial charge on any atom is -0.487 e. The molecule has 2 nitrogen and oxygen atoms in total. The third-order valence-electron chi connectivity index (χ3n) is 7.04. The molecule has 0 radical (unpaired) electrons. The van der Waals surface area contributed by atoms with E-state index in [1.807, 2.05) is 84.9 Å². The Labute approximate surface area is 204 Å². The summed E-state index contributed by atoms with van der Waals surface area (Å²) in [6.07, 6.45) is 2.78. The number of ether oxygens (including phenoxy) is 2. The van der Waals surface area contributed by atoms with Crippen LogP contribution in [-0.4, -0.2) is 12.2 Å². The SMILES string of the molecule is Fc1c(-c2ccccc2)ccc2c1OC1CCC[C@H](C2)Oc2c(ccc(-c3ccccc3)c2F)C1. The molecule has 2 aliphatic heterocycles. The van der Waals surface area contributed by atoms with Crippen molar-refractivity contribution in [3.05, 3.63) is 108 Å². The fraction of sp³-hybridized carbons (Fsp3) is 0.226. The molecule has 0 aromatic heterocycles. The van der Waals surface area contributed by atoms with Crippen molar-refractivity contribution in [1.29, 1.82) is 0 Å². The van der Waals surface area contributed by atoms with Gasteiger partial charge in [0.25, 0.3) is 0 Å².